The first-order valence-corrected chi connectivity index (χ1v) is 11.1. The molecule has 4 atom stereocenters. The number of amides is 1. The fraction of sp³-hybridized carbons (Fsp3) is 0.708. The van der Waals surface area contributed by atoms with Gasteiger partial charge < -0.3 is 11.1 Å². The van der Waals surface area contributed by atoms with E-state index in [2.05, 4.69) is 42.6 Å². The zero-order valence-corrected chi connectivity index (χ0v) is 16.7. The monoisotopic (exact) mass is 366 g/mol. The van der Waals surface area contributed by atoms with E-state index in [-0.39, 0.29) is 16.2 Å². The van der Waals surface area contributed by atoms with Crippen molar-refractivity contribution in [2.75, 3.05) is 6.54 Å². The molecule has 0 saturated heterocycles. The predicted molar refractivity (Wildman–Crippen MR) is 108 cm³/mol. The van der Waals surface area contributed by atoms with Crippen molar-refractivity contribution in [2.24, 2.45) is 28.4 Å². The van der Waals surface area contributed by atoms with E-state index in [0.29, 0.717) is 17.9 Å². The number of rotatable bonds is 4. The summed E-state index contributed by atoms with van der Waals surface area (Å²) in [6.45, 7) is 3.21. The summed E-state index contributed by atoms with van der Waals surface area (Å²) in [5.41, 5.74) is 7.57. The van der Waals surface area contributed by atoms with Crippen LogP contribution in [0, 0.1) is 22.7 Å². The first kappa shape index (κ1) is 17.7. The third-order valence-corrected chi connectivity index (χ3v) is 8.92. The van der Waals surface area contributed by atoms with Crippen molar-refractivity contribution in [1.29, 1.82) is 0 Å². The number of nitrogens with one attached hydrogen (secondary N) is 1. The largest absolute Gasteiger partial charge is 0.353 e. The molecule has 5 fully saturated rings. The molecule has 27 heavy (non-hydrogen) atoms. The summed E-state index contributed by atoms with van der Waals surface area (Å²) < 4.78 is 0. The summed E-state index contributed by atoms with van der Waals surface area (Å²) in [6.07, 6.45) is 10.4. The van der Waals surface area contributed by atoms with E-state index in [1.54, 1.807) is 0 Å². The number of carbonyl (C=O) groups excluding carboxylic acids is 1. The number of carbonyl (C=O) groups is 1. The first-order valence-electron chi connectivity index (χ1n) is 11.1. The minimum absolute atomic E-state index is 0.142. The zero-order valence-electron chi connectivity index (χ0n) is 16.7. The topological polar surface area (TPSA) is 55.1 Å². The van der Waals surface area contributed by atoms with Crippen LogP contribution in [0.15, 0.2) is 30.3 Å². The first-order chi connectivity index (χ1) is 13.0. The molecule has 5 aliphatic carbocycles. The molecule has 6 rings (SSSR count). The van der Waals surface area contributed by atoms with Gasteiger partial charge in [0.05, 0.1) is 5.41 Å². The highest BCUT2D eigenvalue weighted by molar-refractivity contribution is 5.85. The van der Waals surface area contributed by atoms with Crippen LogP contribution in [0.5, 0.6) is 0 Å². The van der Waals surface area contributed by atoms with Gasteiger partial charge in [-0.3, -0.25) is 4.79 Å². The van der Waals surface area contributed by atoms with Gasteiger partial charge in [0.1, 0.15) is 0 Å². The second kappa shape index (κ2) is 6.07. The molecule has 5 saturated carbocycles. The van der Waals surface area contributed by atoms with Crippen LogP contribution in [-0.4, -0.2) is 18.5 Å². The minimum atomic E-state index is -0.142. The Kier molecular flexibility index (Phi) is 3.99. The fourth-order valence-electron chi connectivity index (χ4n) is 7.83. The molecule has 1 aromatic carbocycles. The Morgan fingerprint density at radius 2 is 1.81 bits per heavy atom. The smallest absolute Gasteiger partial charge is 0.227 e. The molecule has 4 bridgehead atoms. The maximum atomic E-state index is 13.7. The van der Waals surface area contributed by atoms with E-state index in [0.717, 1.165) is 38.1 Å². The molecular formula is C24H34N2O. The van der Waals surface area contributed by atoms with Crippen molar-refractivity contribution in [1.82, 2.24) is 5.32 Å². The normalized spacial score (nSPS) is 45.2. The molecule has 3 N–H and O–H groups in total. The van der Waals surface area contributed by atoms with Crippen molar-refractivity contribution >= 4 is 5.91 Å². The van der Waals surface area contributed by atoms with Gasteiger partial charge in [-0.1, -0.05) is 37.3 Å². The molecular weight excluding hydrogens is 332 g/mol. The Hall–Kier alpha value is -1.35. The summed E-state index contributed by atoms with van der Waals surface area (Å²) in [5, 5.41) is 3.52. The molecule has 146 valence electrons. The average molecular weight is 367 g/mol. The molecule has 3 heteroatoms. The summed E-state index contributed by atoms with van der Waals surface area (Å²) in [7, 11) is 0. The molecule has 1 amide bonds. The zero-order chi connectivity index (χ0) is 18.7. The van der Waals surface area contributed by atoms with Crippen LogP contribution in [0.1, 0.15) is 70.3 Å². The van der Waals surface area contributed by atoms with E-state index < -0.39 is 0 Å². The highest BCUT2D eigenvalue weighted by Crippen LogP contribution is 2.76. The number of hydrogen-bond acceptors (Lipinski definition) is 2. The van der Waals surface area contributed by atoms with Crippen LogP contribution in [0.3, 0.4) is 0 Å². The number of hydrogen-bond donors (Lipinski definition) is 2. The van der Waals surface area contributed by atoms with Gasteiger partial charge in [-0.2, -0.15) is 0 Å². The molecule has 0 radical (unpaired) electrons. The van der Waals surface area contributed by atoms with Crippen LogP contribution in [0.25, 0.3) is 0 Å². The summed E-state index contributed by atoms with van der Waals surface area (Å²) in [6, 6.07) is 11.4. The molecule has 5 aliphatic rings. The highest BCUT2D eigenvalue weighted by atomic mass is 16.2. The van der Waals surface area contributed by atoms with E-state index >= 15 is 0 Å². The van der Waals surface area contributed by atoms with Crippen LogP contribution >= 0.6 is 0 Å². The van der Waals surface area contributed by atoms with Gasteiger partial charge in [0.2, 0.25) is 5.91 Å². The Bertz CT molecular complexity index is 725. The van der Waals surface area contributed by atoms with Crippen LogP contribution in [0.4, 0.5) is 0 Å². The SMILES string of the molecule is C[C@]12CC3CC1(C(=O)N[C@H]1CC[C@H](CN)CC1)C[C@@](c1ccccc1)(C3)C2. The quantitative estimate of drug-likeness (QED) is 0.841. The maximum Gasteiger partial charge on any atom is 0.227 e. The van der Waals surface area contributed by atoms with E-state index in [9.17, 15) is 4.79 Å². The minimum Gasteiger partial charge on any atom is -0.353 e. The summed E-state index contributed by atoms with van der Waals surface area (Å²) in [5.74, 6) is 1.76. The van der Waals surface area contributed by atoms with Gasteiger partial charge >= 0.3 is 0 Å². The van der Waals surface area contributed by atoms with Gasteiger partial charge in [0, 0.05) is 6.04 Å². The summed E-state index contributed by atoms with van der Waals surface area (Å²) >= 11 is 0. The maximum absolute atomic E-state index is 13.7. The van der Waals surface area contributed by atoms with E-state index in [1.165, 1.54) is 37.7 Å². The van der Waals surface area contributed by atoms with Crippen LogP contribution in [0.2, 0.25) is 0 Å². The Balaban J connectivity index is 1.39. The van der Waals surface area contributed by atoms with Crippen LogP contribution in [-0.2, 0) is 10.2 Å². The Morgan fingerprint density at radius 1 is 1.07 bits per heavy atom. The summed E-state index contributed by atoms with van der Waals surface area (Å²) in [4.78, 5) is 13.7. The lowest BCUT2D eigenvalue weighted by molar-refractivity contribution is -0.136. The lowest BCUT2D eigenvalue weighted by Gasteiger charge is -2.41. The van der Waals surface area contributed by atoms with Gasteiger partial charge in [0.15, 0.2) is 0 Å². The third-order valence-electron chi connectivity index (χ3n) is 8.92. The molecule has 0 aromatic heterocycles. The molecule has 2 unspecified atom stereocenters. The second-order valence-electron chi connectivity index (χ2n) is 10.5. The molecule has 0 spiro atoms. The van der Waals surface area contributed by atoms with E-state index in [1.807, 2.05) is 0 Å². The average Bonchev–Trinajstić information content (AvgIpc) is 3.00. The van der Waals surface area contributed by atoms with Gasteiger partial charge in [-0.05, 0) is 92.6 Å². The van der Waals surface area contributed by atoms with Crippen molar-refractivity contribution in [3.63, 3.8) is 0 Å². The lowest BCUT2D eigenvalue weighted by atomic mass is 9.63. The van der Waals surface area contributed by atoms with Crippen molar-refractivity contribution < 1.29 is 4.79 Å². The third kappa shape index (κ3) is 2.53. The molecule has 1 aromatic rings. The molecule has 3 nitrogen and oxygen atoms in total. The lowest BCUT2D eigenvalue weighted by Crippen LogP contribution is -2.50. The Morgan fingerprint density at radius 3 is 2.52 bits per heavy atom. The van der Waals surface area contributed by atoms with Crippen LogP contribution < -0.4 is 11.1 Å². The van der Waals surface area contributed by atoms with E-state index in [4.69, 9.17) is 5.73 Å². The van der Waals surface area contributed by atoms with Gasteiger partial charge in [0.25, 0.3) is 0 Å². The van der Waals surface area contributed by atoms with Gasteiger partial charge in [-0.25, -0.2) is 0 Å². The fourth-order valence-corrected chi connectivity index (χ4v) is 7.83. The van der Waals surface area contributed by atoms with Crippen molar-refractivity contribution in [3.8, 4) is 0 Å². The second-order valence-corrected chi connectivity index (χ2v) is 10.5. The highest BCUT2D eigenvalue weighted by Gasteiger charge is 2.72. The van der Waals surface area contributed by atoms with Gasteiger partial charge in [-0.15, -0.1) is 0 Å². The van der Waals surface area contributed by atoms with Crippen molar-refractivity contribution in [3.05, 3.63) is 35.9 Å². The number of nitrogens with two attached hydrogens (primary N) is 1. The van der Waals surface area contributed by atoms with Crippen molar-refractivity contribution in [2.45, 2.75) is 76.2 Å². The predicted octanol–water partition coefficient (Wildman–Crippen LogP) is 4.16. The number of benzene rings is 1. The molecule has 0 aliphatic heterocycles. The Labute approximate surface area is 163 Å². The standard InChI is InChI=1S/C24H34N2O/c1-22-11-18-12-23(15-22,19-5-3-2-4-6-19)16-24(22,13-18)21(27)26-20-9-7-17(14-25)8-10-20/h2-6,17-18,20H,7-16,25H2,1H3,(H,26,27)/t17-,18?,20-,22-,23-,24?/m1/s1. The molecule has 0 heterocycles.